The maximum Gasteiger partial charge on any atom is 0.264 e. The molecule has 0 unspecified atom stereocenters. The van der Waals surface area contributed by atoms with E-state index in [1.165, 1.54) is 0 Å². The highest BCUT2D eigenvalue weighted by Gasteiger charge is 2.66. The number of likely N-dealkylation sites (tertiary alicyclic amines) is 1. The number of anilines is 2. The number of aliphatic hydroxyl groups is 1. The lowest BCUT2D eigenvalue weighted by atomic mass is 9.82. The average Bonchev–Trinajstić information content (AvgIpc) is 3.59. The second kappa shape index (κ2) is 10.7. The highest BCUT2D eigenvalue weighted by Crippen LogP contribution is 2.60. The summed E-state index contributed by atoms with van der Waals surface area (Å²) < 4.78 is 6.78. The van der Waals surface area contributed by atoms with E-state index in [4.69, 9.17) is 16.3 Å². The minimum atomic E-state index is -2.94. The largest absolute Gasteiger partial charge is 0.432 e. The number of β-lactam (4-membered cyclic amide) rings is 1. The molecule has 3 amide bonds. The highest BCUT2D eigenvalue weighted by molar-refractivity contribution is 6.71. The third-order valence-electron chi connectivity index (χ3n) is 9.67. The van der Waals surface area contributed by atoms with Crippen molar-refractivity contribution in [1.29, 1.82) is 0 Å². The van der Waals surface area contributed by atoms with Crippen LogP contribution in [-0.2, 0) is 31.3 Å². The molecule has 0 aliphatic carbocycles. The first kappa shape index (κ1) is 29.3. The Hall–Kier alpha value is -2.76. The molecular formula is C31H38ClN3O6Si. The van der Waals surface area contributed by atoms with Crippen LogP contribution in [0, 0.1) is 5.92 Å². The molecule has 4 heterocycles. The lowest BCUT2D eigenvalue weighted by Crippen LogP contribution is -2.46. The van der Waals surface area contributed by atoms with E-state index in [-0.39, 0.29) is 42.3 Å². The molecule has 42 heavy (non-hydrogen) atoms. The van der Waals surface area contributed by atoms with Gasteiger partial charge in [0.2, 0.25) is 11.8 Å². The van der Waals surface area contributed by atoms with Crippen molar-refractivity contribution in [2.75, 3.05) is 29.5 Å². The standard InChI is InChI=1S/C31H38ClN3O6Si/c1-19-29(42(2,3)40)26(16-28(38)33-13-4-5-23(33)18-36)41-31(19)24-15-21(32)8-11-25(24)35(30(31)39)17-20-6-9-22(10-7-20)34-14-12-27(34)37/h6-11,15,19,23,26,29,36,40H,4-5,12-14,16-18H2,1-3H3/t19-,23+,26+,29-,31+/m1/s1. The monoisotopic (exact) mass is 611 g/mol. The zero-order valence-corrected chi connectivity index (χ0v) is 26.0. The van der Waals surface area contributed by atoms with Gasteiger partial charge in [0.05, 0.1) is 37.4 Å². The molecule has 0 aromatic heterocycles. The maximum atomic E-state index is 14.6. The van der Waals surface area contributed by atoms with Crippen LogP contribution in [0.3, 0.4) is 0 Å². The first-order valence-corrected chi connectivity index (χ1v) is 18.2. The molecule has 4 aliphatic heterocycles. The normalized spacial score (nSPS) is 29.0. The van der Waals surface area contributed by atoms with E-state index in [1.807, 2.05) is 50.3 Å². The van der Waals surface area contributed by atoms with Gasteiger partial charge in [-0.1, -0.05) is 30.7 Å². The fraction of sp³-hybridized carbons (Fsp3) is 0.516. The Morgan fingerprint density at radius 3 is 2.50 bits per heavy atom. The minimum absolute atomic E-state index is 0.0319. The molecule has 2 N–H and O–H groups in total. The quantitative estimate of drug-likeness (QED) is 0.364. The topological polar surface area (TPSA) is 111 Å². The minimum Gasteiger partial charge on any atom is -0.432 e. The van der Waals surface area contributed by atoms with E-state index in [9.17, 15) is 24.3 Å². The van der Waals surface area contributed by atoms with Crippen LogP contribution >= 0.6 is 11.6 Å². The predicted octanol–water partition coefficient (Wildman–Crippen LogP) is 3.79. The zero-order chi connectivity index (χ0) is 30.0. The molecule has 0 bridgehead atoms. The van der Waals surface area contributed by atoms with Gasteiger partial charge < -0.3 is 29.3 Å². The van der Waals surface area contributed by atoms with Crippen LogP contribution in [0.15, 0.2) is 42.5 Å². The summed E-state index contributed by atoms with van der Waals surface area (Å²) in [5.41, 5.74) is 1.30. The Bertz CT molecular complexity index is 1410. The van der Waals surface area contributed by atoms with Gasteiger partial charge in [-0.3, -0.25) is 14.4 Å². The summed E-state index contributed by atoms with van der Waals surface area (Å²) in [6.07, 6.45) is 1.52. The lowest BCUT2D eigenvalue weighted by Gasteiger charge is -2.33. The zero-order valence-electron chi connectivity index (χ0n) is 24.3. The molecule has 3 fully saturated rings. The number of carbonyl (C=O) groups excluding carboxylic acids is 3. The molecule has 9 nitrogen and oxygen atoms in total. The number of halogens is 1. The van der Waals surface area contributed by atoms with Gasteiger partial charge in [-0.15, -0.1) is 0 Å². The van der Waals surface area contributed by atoms with Gasteiger partial charge in [-0.25, -0.2) is 0 Å². The number of ether oxygens (including phenoxy) is 1. The van der Waals surface area contributed by atoms with E-state index >= 15 is 0 Å². The number of fused-ring (bicyclic) bond motifs is 2. The Morgan fingerprint density at radius 2 is 1.88 bits per heavy atom. The number of nitrogens with zero attached hydrogens (tertiary/aromatic N) is 3. The van der Waals surface area contributed by atoms with Crippen molar-refractivity contribution in [3.05, 3.63) is 58.6 Å². The van der Waals surface area contributed by atoms with E-state index < -0.39 is 25.9 Å². The summed E-state index contributed by atoms with van der Waals surface area (Å²) >= 11 is 6.49. The van der Waals surface area contributed by atoms with Gasteiger partial charge in [0.1, 0.15) is 0 Å². The van der Waals surface area contributed by atoms with Crippen LogP contribution in [0.1, 0.15) is 43.7 Å². The summed E-state index contributed by atoms with van der Waals surface area (Å²) in [6.45, 7) is 7.11. The van der Waals surface area contributed by atoms with Crippen LogP contribution in [0.5, 0.6) is 0 Å². The molecule has 2 aromatic rings. The van der Waals surface area contributed by atoms with Crippen molar-refractivity contribution in [2.24, 2.45) is 5.92 Å². The number of benzene rings is 2. The number of aliphatic hydroxyl groups excluding tert-OH is 1. The van der Waals surface area contributed by atoms with Gasteiger partial charge in [0, 0.05) is 47.2 Å². The van der Waals surface area contributed by atoms with Gasteiger partial charge in [-0.05, 0) is 61.8 Å². The van der Waals surface area contributed by atoms with Crippen LogP contribution in [0.4, 0.5) is 11.4 Å². The lowest BCUT2D eigenvalue weighted by molar-refractivity contribution is -0.150. The molecule has 0 radical (unpaired) electrons. The van der Waals surface area contributed by atoms with Crippen molar-refractivity contribution in [3.63, 3.8) is 0 Å². The Morgan fingerprint density at radius 1 is 1.14 bits per heavy atom. The predicted molar refractivity (Wildman–Crippen MR) is 162 cm³/mol. The Labute approximate surface area is 252 Å². The second-order valence-electron chi connectivity index (χ2n) is 12.6. The Kier molecular flexibility index (Phi) is 7.50. The van der Waals surface area contributed by atoms with Crippen molar-refractivity contribution in [1.82, 2.24) is 4.90 Å². The van der Waals surface area contributed by atoms with E-state index in [1.54, 1.807) is 26.8 Å². The smallest absolute Gasteiger partial charge is 0.264 e. The average molecular weight is 612 g/mol. The van der Waals surface area contributed by atoms with Crippen molar-refractivity contribution < 1.29 is 29.0 Å². The number of rotatable bonds is 7. The molecule has 224 valence electrons. The summed E-state index contributed by atoms with van der Waals surface area (Å²) in [5, 5.41) is 10.3. The number of amides is 3. The molecule has 3 saturated heterocycles. The van der Waals surface area contributed by atoms with E-state index in [2.05, 4.69) is 0 Å². The highest BCUT2D eigenvalue weighted by atomic mass is 35.5. The van der Waals surface area contributed by atoms with Crippen LogP contribution in [0.2, 0.25) is 23.7 Å². The van der Waals surface area contributed by atoms with Gasteiger partial charge in [0.15, 0.2) is 13.9 Å². The molecule has 2 aromatic carbocycles. The maximum absolute atomic E-state index is 14.6. The van der Waals surface area contributed by atoms with E-state index in [0.717, 1.165) is 24.1 Å². The van der Waals surface area contributed by atoms with Crippen LogP contribution < -0.4 is 9.80 Å². The molecule has 4 aliphatic rings. The molecule has 11 heteroatoms. The first-order valence-electron chi connectivity index (χ1n) is 14.8. The number of hydrogen-bond acceptors (Lipinski definition) is 6. The third kappa shape index (κ3) is 4.68. The van der Waals surface area contributed by atoms with Crippen molar-refractivity contribution in [3.8, 4) is 0 Å². The molecule has 6 rings (SSSR count). The first-order chi connectivity index (χ1) is 20.0. The molecular weight excluding hydrogens is 574 g/mol. The molecule has 0 saturated carbocycles. The second-order valence-corrected chi connectivity index (χ2v) is 17.1. The summed E-state index contributed by atoms with van der Waals surface area (Å²) in [4.78, 5) is 56.6. The fourth-order valence-electron chi connectivity index (χ4n) is 7.60. The number of carbonyl (C=O) groups is 3. The van der Waals surface area contributed by atoms with Crippen molar-refractivity contribution >= 4 is 49.0 Å². The van der Waals surface area contributed by atoms with E-state index in [0.29, 0.717) is 42.3 Å². The van der Waals surface area contributed by atoms with Crippen molar-refractivity contribution in [2.45, 2.75) is 75.5 Å². The van der Waals surface area contributed by atoms with Crippen LogP contribution in [0.25, 0.3) is 0 Å². The van der Waals surface area contributed by atoms with Gasteiger partial charge in [0.25, 0.3) is 5.91 Å². The SMILES string of the molecule is C[C@@H]1[C@@H]([Si](C)(C)O)[C@H](CC(=O)N2CCC[C@H]2CO)O[C@@]12C(=O)N(Cc1ccc(N3CCC3=O)cc1)c1ccc(Cl)cc12. The molecule has 5 atom stereocenters. The summed E-state index contributed by atoms with van der Waals surface area (Å²) in [6, 6.07) is 12.8. The van der Waals surface area contributed by atoms with Gasteiger partial charge >= 0.3 is 0 Å². The van der Waals surface area contributed by atoms with Crippen LogP contribution in [-0.4, -0.2) is 72.7 Å². The fourth-order valence-corrected chi connectivity index (χ4v) is 10.3. The third-order valence-corrected chi connectivity index (χ3v) is 12.4. The number of hydrogen-bond donors (Lipinski definition) is 2. The summed E-state index contributed by atoms with van der Waals surface area (Å²) in [7, 11) is -2.94. The Balaban J connectivity index is 1.33. The molecule has 1 spiro atoms. The van der Waals surface area contributed by atoms with Gasteiger partial charge in [-0.2, -0.15) is 0 Å². The summed E-state index contributed by atoms with van der Waals surface area (Å²) in [5.74, 6) is -0.670.